The summed E-state index contributed by atoms with van der Waals surface area (Å²) in [5.74, 6) is -0.765. The minimum atomic E-state index is -5.48. The van der Waals surface area contributed by atoms with E-state index in [4.69, 9.17) is 10.00 Å². The van der Waals surface area contributed by atoms with Crippen molar-refractivity contribution in [3.8, 4) is 11.1 Å². The number of halogens is 3. The zero-order valence-electron chi connectivity index (χ0n) is 11.8. The van der Waals surface area contributed by atoms with Gasteiger partial charge in [-0.2, -0.15) is 18.4 Å². The van der Waals surface area contributed by atoms with Crippen molar-refractivity contribution in [1.29, 1.82) is 5.26 Å². The Morgan fingerprint density at radius 1 is 1.52 bits per heavy atom. The Morgan fingerprint density at radius 3 is 2.61 bits per heavy atom. The highest BCUT2D eigenvalue weighted by molar-refractivity contribution is 7.90. The molecule has 7 nitrogen and oxygen atoms in total. The first kappa shape index (κ1) is 19.2. The second-order valence-electron chi connectivity index (χ2n) is 4.19. The number of esters is 1. The summed E-state index contributed by atoms with van der Waals surface area (Å²) in [7, 11) is -4.36. The number of ether oxygens (including phenoxy) is 2. The molecule has 0 aliphatic rings. The summed E-state index contributed by atoms with van der Waals surface area (Å²) in [6.07, 6.45) is 0. The topological polar surface area (TPSA) is 105 Å². The van der Waals surface area contributed by atoms with Crippen molar-refractivity contribution in [3.05, 3.63) is 16.5 Å². The number of carbonyl (C=O) groups excluding carboxylic acids is 1. The summed E-state index contributed by atoms with van der Waals surface area (Å²) in [5.41, 5.74) is -5.46. The van der Waals surface area contributed by atoms with Gasteiger partial charge in [-0.05, 0) is 6.92 Å². The van der Waals surface area contributed by atoms with Gasteiger partial charge >= 0.3 is 21.5 Å². The zero-order chi connectivity index (χ0) is 17.8. The number of sulfonamides is 1. The number of nitriles is 1. The minimum absolute atomic E-state index is 0.00961. The van der Waals surface area contributed by atoms with Crippen LogP contribution < -0.4 is 9.46 Å². The van der Waals surface area contributed by atoms with Gasteiger partial charge in [0.15, 0.2) is 5.06 Å². The zero-order valence-corrected chi connectivity index (χ0v) is 13.4. The Hall–Kier alpha value is -1.84. The molecular weight excluding hydrogens is 361 g/mol. The van der Waals surface area contributed by atoms with E-state index in [-0.39, 0.29) is 15.5 Å². The van der Waals surface area contributed by atoms with Crippen molar-refractivity contribution in [2.24, 2.45) is 0 Å². The predicted molar refractivity (Wildman–Crippen MR) is 73.4 cm³/mol. The number of carbonyl (C=O) groups is 1. The van der Waals surface area contributed by atoms with Crippen molar-refractivity contribution < 1.29 is 35.9 Å². The lowest BCUT2D eigenvalue weighted by atomic mass is 10.3. The van der Waals surface area contributed by atoms with Gasteiger partial charge < -0.3 is 9.47 Å². The number of nitrogens with one attached hydrogen (secondary N) is 1. The average molecular weight is 372 g/mol. The Labute approximate surface area is 133 Å². The molecular formula is C11H11F3N2O5S2. The van der Waals surface area contributed by atoms with Gasteiger partial charge in [-0.15, -0.1) is 0 Å². The summed E-state index contributed by atoms with van der Waals surface area (Å²) in [5, 5.41) is 8.95. The van der Waals surface area contributed by atoms with Gasteiger partial charge in [-0.3, -0.25) is 0 Å². The van der Waals surface area contributed by atoms with Crippen LogP contribution in [0, 0.1) is 11.3 Å². The molecule has 0 aliphatic carbocycles. The van der Waals surface area contributed by atoms with Crippen LogP contribution in [0.3, 0.4) is 0 Å². The Kier molecular flexibility index (Phi) is 5.98. The number of alkyl halides is 3. The number of nitrogens with zero attached hydrogens (tertiary/aromatic N) is 1. The van der Waals surface area contributed by atoms with Crippen LogP contribution in [0.4, 0.5) is 13.2 Å². The Balaban J connectivity index is 2.75. The standard InChI is InChI=1S/C11H11F3N2O5S2/c1-6(16-23(18,19)11(12,13)14)5-21-9-3-7(10(17)20-2)8(4-15)22-9/h3,6,16H,5H2,1-2H3/t6-/m0/s1. The van der Waals surface area contributed by atoms with Gasteiger partial charge in [0.05, 0.1) is 18.7 Å². The van der Waals surface area contributed by atoms with Crippen LogP contribution in [0.25, 0.3) is 0 Å². The third-order valence-corrected chi connectivity index (χ3v) is 4.63. The van der Waals surface area contributed by atoms with Crippen LogP contribution in [0.2, 0.25) is 0 Å². The largest absolute Gasteiger partial charge is 0.511 e. The van der Waals surface area contributed by atoms with E-state index in [0.29, 0.717) is 0 Å². The molecule has 0 fully saturated rings. The van der Waals surface area contributed by atoms with Crippen LogP contribution in [-0.4, -0.2) is 39.7 Å². The predicted octanol–water partition coefficient (Wildman–Crippen LogP) is 1.61. The molecule has 0 saturated carbocycles. The first-order chi connectivity index (χ1) is 10.5. The van der Waals surface area contributed by atoms with E-state index in [1.54, 1.807) is 6.07 Å². The molecule has 0 radical (unpaired) electrons. The fraction of sp³-hybridized carbons (Fsp3) is 0.455. The van der Waals surface area contributed by atoms with E-state index in [1.807, 2.05) is 0 Å². The van der Waals surface area contributed by atoms with Gasteiger partial charge in [0.25, 0.3) is 0 Å². The quantitative estimate of drug-likeness (QED) is 0.761. The molecule has 0 aromatic carbocycles. The monoisotopic (exact) mass is 372 g/mol. The van der Waals surface area contributed by atoms with E-state index in [9.17, 15) is 26.4 Å². The number of hydrogen-bond donors (Lipinski definition) is 1. The lowest BCUT2D eigenvalue weighted by Gasteiger charge is -2.15. The van der Waals surface area contributed by atoms with E-state index in [2.05, 4.69) is 4.74 Å². The highest BCUT2D eigenvalue weighted by Crippen LogP contribution is 2.29. The molecule has 0 amide bonds. The number of methoxy groups -OCH3 is 1. The van der Waals surface area contributed by atoms with Crippen LogP contribution in [-0.2, 0) is 14.8 Å². The van der Waals surface area contributed by atoms with Crippen molar-refractivity contribution in [3.63, 3.8) is 0 Å². The molecule has 1 atom stereocenters. The SMILES string of the molecule is COC(=O)c1cc(OC[C@H](C)NS(=O)(=O)C(F)(F)F)sc1C#N. The second kappa shape index (κ2) is 7.16. The fourth-order valence-electron chi connectivity index (χ4n) is 1.36. The third-order valence-electron chi connectivity index (χ3n) is 2.35. The minimum Gasteiger partial charge on any atom is -0.482 e. The summed E-state index contributed by atoms with van der Waals surface area (Å²) in [6, 6.07) is 1.76. The van der Waals surface area contributed by atoms with Crippen LogP contribution in [0.5, 0.6) is 5.06 Å². The first-order valence-corrected chi connectivity index (χ1v) is 8.15. The van der Waals surface area contributed by atoms with E-state index in [0.717, 1.165) is 18.4 Å². The average Bonchev–Trinajstić information content (AvgIpc) is 2.86. The lowest BCUT2D eigenvalue weighted by molar-refractivity contribution is -0.0451. The van der Waals surface area contributed by atoms with Gasteiger partial charge in [0.2, 0.25) is 0 Å². The maximum Gasteiger partial charge on any atom is 0.511 e. The van der Waals surface area contributed by atoms with Crippen LogP contribution in [0.15, 0.2) is 6.07 Å². The summed E-state index contributed by atoms with van der Waals surface area (Å²) >= 11 is 0.785. The van der Waals surface area contributed by atoms with Gasteiger partial charge in [-0.1, -0.05) is 11.3 Å². The fourth-order valence-corrected chi connectivity index (χ4v) is 2.89. The first-order valence-electron chi connectivity index (χ1n) is 5.85. The number of thiophene rings is 1. The summed E-state index contributed by atoms with van der Waals surface area (Å²) in [4.78, 5) is 11.4. The maximum atomic E-state index is 12.2. The molecule has 128 valence electrons. The van der Waals surface area contributed by atoms with E-state index >= 15 is 0 Å². The van der Waals surface area contributed by atoms with Crippen molar-refractivity contribution in [2.45, 2.75) is 18.5 Å². The second-order valence-corrected chi connectivity index (χ2v) is 6.91. The van der Waals surface area contributed by atoms with Crippen molar-refractivity contribution in [1.82, 2.24) is 4.72 Å². The normalized spacial score (nSPS) is 13.2. The molecule has 0 spiro atoms. The third kappa shape index (κ3) is 4.81. The number of rotatable bonds is 6. The molecule has 0 bridgehead atoms. The molecule has 1 aromatic rings. The van der Waals surface area contributed by atoms with Crippen molar-refractivity contribution >= 4 is 27.3 Å². The highest BCUT2D eigenvalue weighted by atomic mass is 32.2. The smallest absolute Gasteiger partial charge is 0.482 e. The molecule has 1 rings (SSSR count). The van der Waals surface area contributed by atoms with Gasteiger partial charge in [0, 0.05) is 6.07 Å². The number of hydrogen-bond acceptors (Lipinski definition) is 7. The van der Waals surface area contributed by atoms with E-state index < -0.39 is 34.1 Å². The summed E-state index contributed by atoms with van der Waals surface area (Å²) < 4.78 is 69.4. The van der Waals surface area contributed by atoms with Crippen LogP contribution in [0.1, 0.15) is 22.2 Å². The molecule has 0 aliphatic heterocycles. The molecule has 1 N–H and O–H groups in total. The highest BCUT2D eigenvalue weighted by Gasteiger charge is 2.46. The van der Waals surface area contributed by atoms with Crippen molar-refractivity contribution in [2.75, 3.05) is 13.7 Å². The van der Waals surface area contributed by atoms with Gasteiger partial charge in [-0.25, -0.2) is 17.9 Å². The molecule has 1 aromatic heterocycles. The summed E-state index contributed by atoms with van der Waals surface area (Å²) in [6.45, 7) is 0.741. The molecule has 0 unspecified atom stereocenters. The van der Waals surface area contributed by atoms with E-state index in [1.165, 1.54) is 17.7 Å². The Morgan fingerprint density at radius 2 is 2.13 bits per heavy atom. The Bertz CT molecular complexity index is 721. The lowest BCUT2D eigenvalue weighted by Crippen LogP contribution is -2.43. The molecule has 12 heteroatoms. The maximum absolute atomic E-state index is 12.2. The van der Waals surface area contributed by atoms with Crippen LogP contribution >= 0.6 is 11.3 Å². The molecule has 0 saturated heterocycles. The molecule has 23 heavy (non-hydrogen) atoms. The van der Waals surface area contributed by atoms with Gasteiger partial charge in [0.1, 0.15) is 17.6 Å². The molecule has 1 heterocycles.